The van der Waals surface area contributed by atoms with E-state index in [0.717, 1.165) is 49.6 Å². The van der Waals surface area contributed by atoms with Gasteiger partial charge in [-0.05, 0) is 31.2 Å². The fourth-order valence-corrected chi connectivity index (χ4v) is 1.55. The van der Waals surface area contributed by atoms with Crippen molar-refractivity contribution in [2.75, 3.05) is 20.3 Å². The number of unbranched alkanes of at least 4 members (excludes halogenated alkanes) is 1. The van der Waals surface area contributed by atoms with Crippen LogP contribution in [0.15, 0.2) is 18.2 Å². The maximum absolute atomic E-state index is 5.78. The molecule has 0 bridgehead atoms. The summed E-state index contributed by atoms with van der Waals surface area (Å²) in [4.78, 5) is 0. The standard InChI is InChI=1S/C14H23NO2/c1-4-6-9-17-14-8-7-13(16-3)10-12(14)11-15-5-2/h7-8,10,15H,4-6,9,11H2,1-3H3. The molecule has 0 spiro atoms. The molecule has 0 saturated heterocycles. The number of nitrogens with one attached hydrogen (secondary N) is 1. The van der Waals surface area contributed by atoms with Crippen LogP contribution in [-0.2, 0) is 6.54 Å². The van der Waals surface area contributed by atoms with Gasteiger partial charge in [0.2, 0.25) is 0 Å². The van der Waals surface area contributed by atoms with Gasteiger partial charge >= 0.3 is 0 Å². The molecule has 0 unspecified atom stereocenters. The van der Waals surface area contributed by atoms with Gasteiger partial charge in [0.1, 0.15) is 11.5 Å². The molecule has 0 heterocycles. The molecule has 0 amide bonds. The molecule has 0 aliphatic carbocycles. The highest BCUT2D eigenvalue weighted by atomic mass is 16.5. The predicted octanol–water partition coefficient (Wildman–Crippen LogP) is 2.98. The number of benzene rings is 1. The minimum atomic E-state index is 0.780. The van der Waals surface area contributed by atoms with Gasteiger partial charge in [-0.15, -0.1) is 0 Å². The molecule has 1 N–H and O–H groups in total. The van der Waals surface area contributed by atoms with Gasteiger partial charge in [0, 0.05) is 12.1 Å². The minimum Gasteiger partial charge on any atom is -0.497 e. The Bertz CT molecular complexity index is 326. The lowest BCUT2D eigenvalue weighted by atomic mass is 10.2. The second-order valence-electron chi connectivity index (χ2n) is 3.96. The summed E-state index contributed by atoms with van der Waals surface area (Å²) in [5, 5.41) is 3.31. The number of rotatable bonds is 8. The van der Waals surface area contributed by atoms with E-state index in [9.17, 15) is 0 Å². The Morgan fingerprint density at radius 2 is 2.06 bits per heavy atom. The van der Waals surface area contributed by atoms with Gasteiger partial charge in [0.15, 0.2) is 0 Å². The lowest BCUT2D eigenvalue weighted by Crippen LogP contribution is -2.13. The van der Waals surface area contributed by atoms with Crippen LogP contribution in [0.25, 0.3) is 0 Å². The molecule has 1 aromatic rings. The van der Waals surface area contributed by atoms with Gasteiger partial charge in [0.25, 0.3) is 0 Å². The Morgan fingerprint density at radius 1 is 1.24 bits per heavy atom. The van der Waals surface area contributed by atoms with Crippen LogP contribution >= 0.6 is 0 Å². The van der Waals surface area contributed by atoms with Crippen molar-refractivity contribution in [3.05, 3.63) is 23.8 Å². The van der Waals surface area contributed by atoms with E-state index in [0.29, 0.717) is 0 Å². The van der Waals surface area contributed by atoms with Gasteiger partial charge in [0.05, 0.1) is 13.7 Å². The van der Waals surface area contributed by atoms with Crippen LogP contribution in [0.3, 0.4) is 0 Å². The molecule has 96 valence electrons. The Morgan fingerprint density at radius 3 is 2.71 bits per heavy atom. The summed E-state index contributed by atoms with van der Waals surface area (Å²) in [6.07, 6.45) is 2.24. The van der Waals surface area contributed by atoms with Gasteiger partial charge < -0.3 is 14.8 Å². The molecule has 17 heavy (non-hydrogen) atoms. The lowest BCUT2D eigenvalue weighted by Gasteiger charge is -2.13. The molecule has 0 aromatic heterocycles. The van der Waals surface area contributed by atoms with E-state index < -0.39 is 0 Å². The third kappa shape index (κ3) is 4.65. The normalized spacial score (nSPS) is 10.3. The van der Waals surface area contributed by atoms with E-state index in [1.807, 2.05) is 18.2 Å². The average Bonchev–Trinajstić information content (AvgIpc) is 2.37. The molecule has 1 rings (SSSR count). The van der Waals surface area contributed by atoms with Crippen molar-refractivity contribution in [1.82, 2.24) is 5.32 Å². The molecule has 0 saturated carbocycles. The fourth-order valence-electron chi connectivity index (χ4n) is 1.55. The largest absolute Gasteiger partial charge is 0.497 e. The van der Waals surface area contributed by atoms with Crippen LogP contribution in [0.1, 0.15) is 32.3 Å². The Hall–Kier alpha value is -1.22. The first-order valence-corrected chi connectivity index (χ1v) is 6.32. The maximum atomic E-state index is 5.78. The Kier molecular flexibility index (Phi) is 6.48. The van der Waals surface area contributed by atoms with Crippen molar-refractivity contribution in [2.45, 2.75) is 33.2 Å². The summed E-state index contributed by atoms with van der Waals surface area (Å²) in [6.45, 7) is 6.80. The maximum Gasteiger partial charge on any atom is 0.124 e. The van der Waals surface area contributed by atoms with E-state index in [1.54, 1.807) is 7.11 Å². The van der Waals surface area contributed by atoms with Gasteiger partial charge in [-0.2, -0.15) is 0 Å². The number of hydrogen-bond donors (Lipinski definition) is 1. The second kappa shape index (κ2) is 7.96. The highest BCUT2D eigenvalue weighted by Gasteiger charge is 2.05. The summed E-state index contributed by atoms with van der Waals surface area (Å²) >= 11 is 0. The summed E-state index contributed by atoms with van der Waals surface area (Å²) < 4.78 is 11.0. The monoisotopic (exact) mass is 237 g/mol. The van der Waals surface area contributed by atoms with Crippen molar-refractivity contribution in [3.8, 4) is 11.5 Å². The molecule has 0 fully saturated rings. The van der Waals surface area contributed by atoms with E-state index in [1.165, 1.54) is 0 Å². The third-order valence-electron chi connectivity index (χ3n) is 2.59. The highest BCUT2D eigenvalue weighted by molar-refractivity contribution is 5.40. The van der Waals surface area contributed by atoms with Gasteiger partial charge in [-0.3, -0.25) is 0 Å². The highest BCUT2D eigenvalue weighted by Crippen LogP contribution is 2.24. The fraction of sp³-hybridized carbons (Fsp3) is 0.571. The number of methoxy groups -OCH3 is 1. The zero-order chi connectivity index (χ0) is 12.5. The molecular formula is C14H23NO2. The summed E-state index contributed by atoms with van der Waals surface area (Å²) in [7, 11) is 1.68. The van der Waals surface area contributed by atoms with Crippen LogP contribution in [0.2, 0.25) is 0 Å². The van der Waals surface area contributed by atoms with Crippen LogP contribution in [0.5, 0.6) is 11.5 Å². The molecule has 3 nitrogen and oxygen atoms in total. The smallest absolute Gasteiger partial charge is 0.124 e. The molecule has 1 aromatic carbocycles. The lowest BCUT2D eigenvalue weighted by molar-refractivity contribution is 0.304. The van der Waals surface area contributed by atoms with Crippen molar-refractivity contribution in [2.24, 2.45) is 0 Å². The first kappa shape index (κ1) is 13.8. The van der Waals surface area contributed by atoms with Gasteiger partial charge in [-0.25, -0.2) is 0 Å². The third-order valence-corrected chi connectivity index (χ3v) is 2.59. The Labute approximate surface area is 104 Å². The summed E-state index contributed by atoms with van der Waals surface area (Å²) in [5.74, 6) is 1.83. The van der Waals surface area contributed by atoms with Crippen LogP contribution in [-0.4, -0.2) is 20.3 Å². The SMILES string of the molecule is CCCCOc1ccc(OC)cc1CNCC. The second-order valence-corrected chi connectivity index (χ2v) is 3.96. The van der Waals surface area contributed by atoms with E-state index >= 15 is 0 Å². The van der Waals surface area contributed by atoms with Crippen LogP contribution in [0.4, 0.5) is 0 Å². The van der Waals surface area contributed by atoms with Crippen molar-refractivity contribution in [1.29, 1.82) is 0 Å². The van der Waals surface area contributed by atoms with E-state index in [-0.39, 0.29) is 0 Å². The Balaban J connectivity index is 2.71. The molecule has 0 atom stereocenters. The molecule has 0 aliphatic heterocycles. The molecule has 0 aliphatic rings. The first-order valence-electron chi connectivity index (χ1n) is 6.32. The van der Waals surface area contributed by atoms with Crippen molar-refractivity contribution < 1.29 is 9.47 Å². The predicted molar refractivity (Wildman–Crippen MR) is 70.8 cm³/mol. The van der Waals surface area contributed by atoms with E-state index in [4.69, 9.17) is 9.47 Å². The average molecular weight is 237 g/mol. The zero-order valence-electron chi connectivity index (χ0n) is 11.1. The van der Waals surface area contributed by atoms with E-state index in [2.05, 4.69) is 19.2 Å². The van der Waals surface area contributed by atoms with Crippen molar-refractivity contribution >= 4 is 0 Å². The quantitative estimate of drug-likeness (QED) is 0.705. The van der Waals surface area contributed by atoms with Crippen LogP contribution in [0, 0.1) is 0 Å². The summed E-state index contributed by atoms with van der Waals surface area (Å²) in [6, 6.07) is 5.96. The topological polar surface area (TPSA) is 30.5 Å². The molecule has 0 radical (unpaired) electrons. The van der Waals surface area contributed by atoms with Gasteiger partial charge in [-0.1, -0.05) is 20.3 Å². The van der Waals surface area contributed by atoms with Crippen LogP contribution < -0.4 is 14.8 Å². The minimum absolute atomic E-state index is 0.780. The zero-order valence-corrected chi connectivity index (χ0v) is 11.1. The summed E-state index contributed by atoms with van der Waals surface area (Å²) in [5.41, 5.74) is 1.15. The molecular weight excluding hydrogens is 214 g/mol. The number of hydrogen-bond acceptors (Lipinski definition) is 3. The number of ether oxygens (including phenoxy) is 2. The first-order chi connectivity index (χ1) is 8.31. The van der Waals surface area contributed by atoms with Crippen molar-refractivity contribution in [3.63, 3.8) is 0 Å². The molecule has 3 heteroatoms.